The van der Waals surface area contributed by atoms with E-state index >= 15 is 0 Å². The first-order valence-corrected chi connectivity index (χ1v) is 5.65. The maximum absolute atomic E-state index is 10.9. The molecule has 0 atom stereocenters. The standard InChI is InChI=1S/C11H20ClNO/c1-3-5-6-7-8-10-13(9-4-2)11(12)14/h4H,2-3,5-10H2,1H3. The zero-order valence-electron chi connectivity index (χ0n) is 8.97. The van der Waals surface area contributed by atoms with E-state index in [0.717, 1.165) is 13.0 Å². The van der Waals surface area contributed by atoms with Gasteiger partial charge >= 0.3 is 5.37 Å². The van der Waals surface area contributed by atoms with Gasteiger partial charge in [-0.15, -0.1) is 6.58 Å². The summed E-state index contributed by atoms with van der Waals surface area (Å²) in [4.78, 5) is 12.5. The Hall–Kier alpha value is -0.500. The minimum absolute atomic E-state index is 0.375. The van der Waals surface area contributed by atoms with Crippen LogP contribution >= 0.6 is 11.6 Å². The van der Waals surface area contributed by atoms with E-state index in [9.17, 15) is 4.79 Å². The van der Waals surface area contributed by atoms with Crippen LogP contribution in [0.15, 0.2) is 12.7 Å². The molecule has 0 aliphatic rings. The summed E-state index contributed by atoms with van der Waals surface area (Å²) in [6, 6.07) is 0. The van der Waals surface area contributed by atoms with Crippen molar-refractivity contribution in [3.63, 3.8) is 0 Å². The van der Waals surface area contributed by atoms with Crippen LogP contribution in [0.3, 0.4) is 0 Å². The van der Waals surface area contributed by atoms with E-state index in [0.29, 0.717) is 6.54 Å². The molecule has 82 valence electrons. The van der Waals surface area contributed by atoms with E-state index in [1.54, 1.807) is 11.0 Å². The largest absolute Gasteiger partial charge is 0.326 e. The van der Waals surface area contributed by atoms with Crippen molar-refractivity contribution in [2.24, 2.45) is 0 Å². The molecule has 0 aromatic carbocycles. The highest BCUT2D eigenvalue weighted by molar-refractivity contribution is 6.62. The van der Waals surface area contributed by atoms with Gasteiger partial charge in [-0.2, -0.15) is 0 Å². The number of amides is 1. The van der Waals surface area contributed by atoms with E-state index in [2.05, 4.69) is 13.5 Å². The minimum Gasteiger partial charge on any atom is -0.326 e. The van der Waals surface area contributed by atoms with Crippen LogP contribution < -0.4 is 0 Å². The molecule has 3 heteroatoms. The summed E-state index contributed by atoms with van der Waals surface area (Å²) >= 11 is 5.40. The van der Waals surface area contributed by atoms with Gasteiger partial charge in [0.15, 0.2) is 0 Å². The van der Waals surface area contributed by atoms with Gasteiger partial charge in [-0.1, -0.05) is 38.7 Å². The molecule has 14 heavy (non-hydrogen) atoms. The fourth-order valence-corrected chi connectivity index (χ4v) is 1.47. The number of hydrogen-bond acceptors (Lipinski definition) is 1. The summed E-state index contributed by atoms with van der Waals surface area (Å²) in [7, 11) is 0. The molecule has 0 aliphatic carbocycles. The Balaban J connectivity index is 3.50. The number of nitrogens with zero attached hydrogens (tertiary/aromatic N) is 1. The molecular formula is C11H20ClNO. The van der Waals surface area contributed by atoms with Gasteiger partial charge in [0.05, 0.1) is 0 Å². The van der Waals surface area contributed by atoms with Crippen molar-refractivity contribution >= 4 is 17.0 Å². The second-order valence-electron chi connectivity index (χ2n) is 3.40. The van der Waals surface area contributed by atoms with Crippen LogP contribution in [0.2, 0.25) is 0 Å². The summed E-state index contributed by atoms with van der Waals surface area (Å²) < 4.78 is 0. The summed E-state index contributed by atoms with van der Waals surface area (Å²) in [5.74, 6) is 0. The van der Waals surface area contributed by atoms with Crippen molar-refractivity contribution in [2.45, 2.75) is 39.0 Å². The van der Waals surface area contributed by atoms with Crippen LogP contribution in [0.4, 0.5) is 4.79 Å². The Morgan fingerprint density at radius 1 is 1.36 bits per heavy atom. The maximum Gasteiger partial charge on any atom is 0.316 e. The molecule has 0 rings (SSSR count). The Labute approximate surface area is 91.9 Å². The molecular weight excluding hydrogens is 198 g/mol. The van der Waals surface area contributed by atoms with E-state index in [1.807, 2.05) is 0 Å². The lowest BCUT2D eigenvalue weighted by Gasteiger charge is -2.17. The van der Waals surface area contributed by atoms with E-state index < -0.39 is 0 Å². The molecule has 1 amide bonds. The van der Waals surface area contributed by atoms with E-state index in [4.69, 9.17) is 11.6 Å². The number of unbranched alkanes of at least 4 members (excludes halogenated alkanes) is 4. The van der Waals surface area contributed by atoms with E-state index in [-0.39, 0.29) is 5.37 Å². The molecule has 0 aromatic rings. The van der Waals surface area contributed by atoms with Crippen LogP contribution in [-0.2, 0) is 0 Å². The Bertz CT molecular complexity index is 171. The van der Waals surface area contributed by atoms with Crippen molar-refractivity contribution < 1.29 is 4.79 Å². The third-order valence-corrected chi connectivity index (χ3v) is 2.37. The molecule has 0 N–H and O–H groups in total. The SMILES string of the molecule is C=CCN(CCCCCCC)C(=O)Cl. The van der Waals surface area contributed by atoms with Gasteiger partial charge in [-0.05, 0) is 18.0 Å². The third-order valence-electron chi connectivity index (χ3n) is 2.13. The fourth-order valence-electron chi connectivity index (χ4n) is 1.31. The van der Waals surface area contributed by atoms with E-state index in [1.165, 1.54) is 25.7 Å². The molecule has 0 saturated carbocycles. The molecule has 2 nitrogen and oxygen atoms in total. The first-order valence-electron chi connectivity index (χ1n) is 5.27. The summed E-state index contributed by atoms with van der Waals surface area (Å²) in [6.45, 7) is 7.07. The molecule has 0 aliphatic heterocycles. The number of carbonyl (C=O) groups excluding carboxylic acids is 1. The number of hydrogen-bond donors (Lipinski definition) is 0. The van der Waals surface area contributed by atoms with Crippen molar-refractivity contribution in [3.8, 4) is 0 Å². The Morgan fingerprint density at radius 3 is 2.50 bits per heavy atom. The summed E-state index contributed by atoms with van der Waals surface area (Å²) in [6.07, 6.45) is 7.67. The maximum atomic E-state index is 10.9. The van der Waals surface area contributed by atoms with Crippen LogP contribution in [0.25, 0.3) is 0 Å². The van der Waals surface area contributed by atoms with Crippen LogP contribution in [0, 0.1) is 0 Å². The molecule has 0 bridgehead atoms. The normalized spacial score (nSPS) is 9.86. The number of rotatable bonds is 8. The lowest BCUT2D eigenvalue weighted by molar-refractivity contribution is 0.226. The van der Waals surface area contributed by atoms with Crippen molar-refractivity contribution in [2.75, 3.05) is 13.1 Å². The molecule has 0 spiro atoms. The van der Waals surface area contributed by atoms with Gasteiger partial charge in [0.25, 0.3) is 0 Å². The van der Waals surface area contributed by atoms with Gasteiger partial charge in [0.2, 0.25) is 0 Å². The highest BCUT2D eigenvalue weighted by atomic mass is 35.5. The van der Waals surface area contributed by atoms with Gasteiger partial charge in [0.1, 0.15) is 0 Å². The topological polar surface area (TPSA) is 20.3 Å². The van der Waals surface area contributed by atoms with Gasteiger partial charge in [-0.25, -0.2) is 0 Å². The molecule has 0 unspecified atom stereocenters. The highest BCUT2D eigenvalue weighted by Crippen LogP contribution is 2.05. The first-order chi connectivity index (χ1) is 6.72. The third kappa shape index (κ3) is 6.96. The molecule has 0 heterocycles. The summed E-state index contributed by atoms with van der Waals surface area (Å²) in [5, 5.41) is -0.375. The van der Waals surface area contributed by atoms with Crippen LogP contribution in [0.1, 0.15) is 39.0 Å². The predicted molar refractivity (Wildman–Crippen MR) is 61.8 cm³/mol. The Kier molecular flexibility index (Phi) is 8.75. The lowest BCUT2D eigenvalue weighted by atomic mass is 10.1. The highest BCUT2D eigenvalue weighted by Gasteiger charge is 2.07. The lowest BCUT2D eigenvalue weighted by Crippen LogP contribution is -2.27. The molecule has 0 radical (unpaired) electrons. The fraction of sp³-hybridized carbons (Fsp3) is 0.727. The van der Waals surface area contributed by atoms with Gasteiger partial charge < -0.3 is 4.90 Å². The average Bonchev–Trinajstić information content (AvgIpc) is 2.15. The van der Waals surface area contributed by atoms with Crippen molar-refractivity contribution in [1.82, 2.24) is 4.90 Å². The smallest absolute Gasteiger partial charge is 0.316 e. The number of halogens is 1. The monoisotopic (exact) mass is 217 g/mol. The quantitative estimate of drug-likeness (QED) is 0.262. The predicted octanol–water partition coefficient (Wildman–Crippen LogP) is 3.80. The second kappa shape index (κ2) is 9.07. The molecule has 0 saturated heterocycles. The first kappa shape index (κ1) is 13.5. The zero-order valence-corrected chi connectivity index (χ0v) is 9.72. The van der Waals surface area contributed by atoms with Crippen molar-refractivity contribution in [1.29, 1.82) is 0 Å². The Morgan fingerprint density at radius 2 is 2.00 bits per heavy atom. The second-order valence-corrected chi connectivity index (χ2v) is 3.73. The average molecular weight is 218 g/mol. The summed E-state index contributed by atoms with van der Waals surface area (Å²) in [5.41, 5.74) is 0. The van der Waals surface area contributed by atoms with Crippen LogP contribution in [0.5, 0.6) is 0 Å². The van der Waals surface area contributed by atoms with Gasteiger partial charge in [-0.3, -0.25) is 4.79 Å². The van der Waals surface area contributed by atoms with Crippen LogP contribution in [-0.4, -0.2) is 23.4 Å². The van der Waals surface area contributed by atoms with Gasteiger partial charge in [0, 0.05) is 13.1 Å². The van der Waals surface area contributed by atoms with Crippen molar-refractivity contribution in [3.05, 3.63) is 12.7 Å². The molecule has 0 fully saturated rings. The number of carbonyl (C=O) groups is 1. The minimum atomic E-state index is -0.375. The molecule has 0 aromatic heterocycles. The zero-order chi connectivity index (χ0) is 10.8.